The van der Waals surface area contributed by atoms with Crippen LogP contribution in [0.5, 0.6) is 0 Å². The van der Waals surface area contributed by atoms with Crippen LogP contribution in [0.3, 0.4) is 0 Å². The number of esters is 1. The molecule has 10 heteroatoms. The summed E-state index contributed by atoms with van der Waals surface area (Å²) >= 11 is 0. The Bertz CT molecular complexity index is 1060. The molecule has 3 N–H and O–H groups in total. The Balaban J connectivity index is 4.22. The molecule has 0 fully saturated rings. The van der Waals surface area contributed by atoms with Crippen molar-refractivity contribution in [3.8, 4) is 0 Å². The molecule has 3 unspecified atom stereocenters. The number of rotatable bonds is 42. The van der Waals surface area contributed by atoms with Gasteiger partial charge < -0.3 is 24.6 Å². The minimum atomic E-state index is -4.53. The normalized spacial score (nSPS) is 14.6. The number of aliphatic hydroxyl groups excluding tert-OH is 2. The second-order valence-electron chi connectivity index (χ2n) is 14.7. The minimum Gasteiger partial charge on any atom is -0.457 e. The van der Waals surface area contributed by atoms with Crippen molar-refractivity contribution in [1.82, 2.24) is 0 Å². The number of hydrogen-bond acceptors (Lipinski definition) is 8. The highest BCUT2D eigenvalue weighted by Gasteiger charge is 2.26. The Kier molecular flexibility index (Phi) is 41.4. The monoisotopic (exact) mass is 811 g/mol. The summed E-state index contributed by atoms with van der Waals surface area (Å²) in [5.41, 5.74) is 0. The van der Waals surface area contributed by atoms with Crippen molar-refractivity contribution in [1.29, 1.82) is 0 Å². The van der Waals surface area contributed by atoms with E-state index in [2.05, 4.69) is 74.6 Å². The van der Waals surface area contributed by atoms with Gasteiger partial charge in [-0.25, -0.2) is 4.57 Å². The van der Waals surface area contributed by atoms with E-state index in [1.54, 1.807) is 0 Å². The number of ether oxygens (including phenoxy) is 2. The van der Waals surface area contributed by atoms with Crippen molar-refractivity contribution in [3.05, 3.63) is 60.8 Å². The average molecular weight is 811 g/mol. The lowest BCUT2D eigenvalue weighted by Gasteiger charge is -2.20. The second-order valence-corrected chi connectivity index (χ2v) is 16.2. The molecule has 0 saturated carbocycles. The summed E-state index contributed by atoms with van der Waals surface area (Å²) in [4.78, 5) is 22.6. The molecule has 0 rings (SSSR count). The van der Waals surface area contributed by atoms with Gasteiger partial charge >= 0.3 is 13.8 Å². The van der Waals surface area contributed by atoms with E-state index in [0.29, 0.717) is 13.0 Å². The maximum atomic E-state index is 12.6. The van der Waals surface area contributed by atoms with Crippen LogP contribution in [0.4, 0.5) is 0 Å². The molecular formula is C46H83O9P. The first kappa shape index (κ1) is 54.2. The van der Waals surface area contributed by atoms with Gasteiger partial charge in [-0.05, 0) is 83.5 Å². The summed E-state index contributed by atoms with van der Waals surface area (Å²) < 4.78 is 33.4. The van der Waals surface area contributed by atoms with Gasteiger partial charge in [-0.1, -0.05) is 152 Å². The average Bonchev–Trinajstić information content (AvgIpc) is 3.19. The molecule has 0 aliphatic heterocycles. The quantitative estimate of drug-likeness (QED) is 0.0239. The van der Waals surface area contributed by atoms with E-state index in [4.69, 9.17) is 23.6 Å². The first-order chi connectivity index (χ1) is 27.3. The van der Waals surface area contributed by atoms with Crippen LogP contribution in [0.2, 0.25) is 0 Å². The van der Waals surface area contributed by atoms with Crippen LogP contribution in [0.1, 0.15) is 181 Å². The maximum absolute atomic E-state index is 12.6. The SMILES string of the molecule is CCCCC/C=C\C/C=C\C/C=C\CCCCCCCCC(=O)OC(COCCCCCCCC/C=C\C/C=C\CCCCC)COP(=O)(O)OCC(O)CO. The molecule has 0 radical (unpaired) electrons. The zero-order valence-electron chi connectivity index (χ0n) is 35.6. The van der Waals surface area contributed by atoms with Crippen molar-refractivity contribution in [3.63, 3.8) is 0 Å². The fraction of sp³-hybridized carbons (Fsp3) is 0.761. The van der Waals surface area contributed by atoms with Gasteiger partial charge in [-0.3, -0.25) is 13.8 Å². The van der Waals surface area contributed by atoms with Crippen LogP contribution in [0.25, 0.3) is 0 Å². The fourth-order valence-corrected chi connectivity index (χ4v) is 6.53. The van der Waals surface area contributed by atoms with Gasteiger partial charge in [-0.15, -0.1) is 0 Å². The van der Waals surface area contributed by atoms with Crippen LogP contribution in [0.15, 0.2) is 60.8 Å². The molecule has 9 nitrogen and oxygen atoms in total. The Labute approximate surface area is 342 Å². The van der Waals surface area contributed by atoms with Crippen molar-refractivity contribution >= 4 is 13.8 Å². The third-order valence-electron chi connectivity index (χ3n) is 9.18. The zero-order chi connectivity index (χ0) is 41.1. The van der Waals surface area contributed by atoms with Gasteiger partial charge in [0.05, 0.1) is 26.4 Å². The maximum Gasteiger partial charge on any atom is 0.472 e. The second kappa shape index (κ2) is 42.8. The molecule has 56 heavy (non-hydrogen) atoms. The van der Waals surface area contributed by atoms with Crippen molar-refractivity contribution in [2.45, 2.75) is 193 Å². The number of aliphatic hydroxyl groups is 2. The molecule has 0 aromatic carbocycles. The van der Waals surface area contributed by atoms with Crippen LogP contribution in [-0.2, 0) is 27.9 Å². The first-order valence-electron chi connectivity index (χ1n) is 22.3. The van der Waals surface area contributed by atoms with Crippen molar-refractivity contribution < 1.29 is 43.0 Å². The molecule has 0 amide bonds. The Morgan fingerprint density at radius 2 is 0.964 bits per heavy atom. The van der Waals surface area contributed by atoms with Gasteiger partial charge in [0.2, 0.25) is 0 Å². The Morgan fingerprint density at radius 1 is 0.554 bits per heavy atom. The highest BCUT2D eigenvalue weighted by molar-refractivity contribution is 7.47. The Hall–Kier alpha value is -1.84. The summed E-state index contributed by atoms with van der Waals surface area (Å²) in [5, 5.41) is 18.4. The molecule has 0 aliphatic carbocycles. The molecule has 3 atom stereocenters. The number of hydrogen-bond donors (Lipinski definition) is 3. The summed E-state index contributed by atoms with van der Waals surface area (Å²) in [7, 11) is -4.53. The molecule has 326 valence electrons. The molecule has 0 aliphatic rings. The van der Waals surface area contributed by atoms with E-state index in [-0.39, 0.29) is 19.6 Å². The zero-order valence-corrected chi connectivity index (χ0v) is 36.5. The third kappa shape index (κ3) is 41.8. The van der Waals surface area contributed by atoms with Crippen molar-refractivity contribution in [2.75, 3.05) is 33.0 Å². The topological polar surface area (TPSA) is 132 Å². The van der Waals surface area contributed by atoms with E-state index in [9.17, 15) is 19.4 Å². The lowest BCUT2D eigenvalue weighted by molar-refractivity contribution is -0.154. The van der Waals surface area contributed by atoms with Crippen LogP contribution in [-0.4, -0.2) is 66.3 Å². The lowest BCUT2D eigenvalue weighted by Crippen LogP contribution is -2.29. The Morgan fingerprint density at radius 3 is 1.45 bits per heavy atom. The van der Waals surface area contributed by atoms with E-state index >= 15 is 0 Å². The highest BCUT2D eigenvalue weighted by Crippen LogP contribution is 2.43. The largest absolute Gasteiger partial charge is 0.472 e. The smallest absolute Gasteiger partial charge is 0.457 e. The van der Waals surface area contributed by atoms with Gasteiger partial charge in [0, 0.05) is 13.0 Å². The number of allylic oxidation sites excluding steroid dienone is 10. The molecule has 0 aromatic rings. The predicted molar refractivity (Wildman–Crippen MR) is 233 cm³/mol. The fourth-order valence-electron chi connectivity index (χ4n) is 5.74. The first-order valence-corrected chi connectivity index (χ1v) is 23.8. The van der Waals surface area contributed by atoms with Crippen molar-refractivity contribution in [2.24, 2.45) is 0 Å². The van der Waals surface area contributed by atoms with Crippen LogP contribution in [0, 0.1) is 0 Å². The molecule has 0 bridgehead atoms. The van der Waals surface area contributed by atoms with E-state index in [0.717, 1.165) is 83.5 Å². The molecular weight excluding hydrogens is 727 g/mol. The molecule has 0 saturated heterocycles. The van der Waals surface area contributed by atoms with Gasteiger partial charge in [0.1, 0.15) is 12.2 Å². The summed E-state index contributed by atoms with van der Waals surface area (Å²) in [6, 6.07) is 0. The van der Waals surface area contributed by atoms with Gasteiger partial charge in [-0.2, -0.15) is 0 Å². The number of carbonyl (C=O) groups is 1. The third-order valence-corrected chi connectivity index (χ3v) is 10.1. The van der Waals surface area contributed by atoms with Gasteiger partial charge in [0.25, 0.3) is 0 Å². The number of unbranched alkanes of at least 4 members (excludes halogenated alkanes) is 18. The number of phosphoric acid groups is 1. The van der Waals surface area contributed by atoms with Gasteiger partial charge in [0.15, 0.2) is 0 Å². The highest BCUT2D eigenvalue weighted by atomic mass is 31.2. The number of phosphoric ester groups is 1. The summed E-state index contributed by atoms with van der Waals surface area (Å²) in [6.45, 7) is 3.42. The lowest BCUT2D eigenvalue weighted by atomic mass is 10.1. The van der Waals surface area contributed by atoms with E-state index in [1.807, 2.05) is 0 Å². The van der Waals surface area contributed by atoms with E-state index < -0.39 is 39.2 Å². The summed E-state index contributed by atoms with van der Waals surface area (Å²) in [5.74, 6) is -0.400. The standard InChI is InChI=1S/C46H83O9P/c1-3-5-7-9-11-13-15-17-19-21-22-23-24-26-28-30-32-34-36-38-46(49)55-45(43-54-56(50,51)53-41-44(48)40-47)42-52-39-37-35-33-31-29-27-25-20-18-16-14-12-10-8-6-4-2/h11-14,17-20,22-23,44-45,47-48H,3-10,15-16,21,24-43H2,1-2H3,(H,50,51)/b13-11-,14-12-,19-17-,20-18-,23-22-. The summed E-state index contributed by atoms with van der Waals surface area (Å²) in [6.07, 6.45) is 48.8. The minimum absolute atomic E-state index is 0.0343. The molecule has 0 heterocycles. The van der Waals surface area contributed by atoms with E-state index in [1.165, 1.54) is 70.6 Å². The molecule has 0 spiro atoms. The van der Waals surface area contributed by atoms with Crippen LogP contribution >= 0.6 is 7.82 Å². The van der Waals surface area contributed by atoms with Crippen LogP contribution < -0.4 is 0 Å². The molecule has 0 aromatic heterocycles. The predicted octanol–water partition coefficient (Wildman–Crippen LogP) is 12.4. The number of carbonyl (C=O) groups excluding carboxylic acids is 1.